The Kier molecular flexibility index (Phi) is 9.78. The SMILES string of the molecule is CC/C(=C\c1ccc(CO)o1)CC[C@@H](O)C1=C(COC)C[C@H]2C(=O)N(c3cccc(B(O)O)c3)C(=O)[C@H]2[C@H]1CO. The Morgan fingerprint density at radius 1 is 1.20 bits per heavy atom. The first-order valence-electron chi connectivity index (χ1n) is 13.5. The van der Waals surface area contributed by atoms with Crippen LogP contribution in [0.3, 0.4) is 0 Å². The molecule has 0 unspecified atom stereocenters. The van der Waals surface area contributed by atoms with Crippen molar-refractivity contribution >= 4 is 36.2 Å². The van der Waals surface area contributed by atoms with Crippen LogP contribution in [0.2, 0.25) is 0 Å². The zero-order chi connectivity index (χ0) is 29.0. The number of allylic oxidation sites excluding steroid dienone is 1. The van der Waals surface area contributed by atoms with Gasteiger partial charge in [-0.05, 0) is 72.6 Å². The molecule has 2 heterocycles. The highest BCUT2D eigenvalue weighted by Gasteiger charge is 2.55. The third kappa shape index (κ3) is 6.00. The first-order valence-corrected chi connectivity index (χ1v) is 13.5. The summed E-state index contributed by atoms with van der Waals surface area (Å²) in [5, 5.41) is 50.3. The molecule has 1 fully saturated rings. The lowest BCUT2D eigenvalue weighted by Crippen LogP contribution is -2.40. The second-order valence-electron chi connectivity index (χ2n) is 10.3. The van der Waals surface area contributed by atoms with Gasteiger partial charge in [0.25, 0.3) is 0 Å². The van der Waals surface area contributed by atoms with Gasteiger partial charge in [-0.1, -0.05) is 24.6 Å². The monoisotopic (exact) mass is 553 g/mol. The normalized spacial score (nSPS) is 22.2. The summed E-state index contributed by atoms with van der Waals surface area (Å²) < 4.78 is 11.0. The predicted molar refractivity (Wildman–Crippen MR) is 148 cm³/mol. The summed E-state index contributed by atoms with van der Waals surface area (Å²) in [5.74, 6) is -2.24. The van der Waals surface area contributed by atoms with Gasteiger partial charge in [0.05, 0.1) is 36.8 Å². The Bertz CT molecular complexity index is 1280. The van der Waals surface area contributed by atoms with Crippen LogP contribution in [-0.2, 0) is 20.9 Å². The fourth-order valence-electron chi connectivity index (χ4n) is 5.93. The standard InChI is InChI=1S/C29H36BNO9/c1-3-17(11-21-8-9-22(14-32)40-21)7-10-25(34)26-18(16-39-2)12-23-27(24(26)15-33)29(36)31(28(23)35)20-6-4-5-19(13-20)30(37)38/h4-6,8-9,11,13,23-25,27,32-34,37-38H,3,7,10,12,14-16H2,1-2H3/b17-11+/t23-,24+,25-,27-/m1/s1. The highest BCUT2D eigenvalue weighted by atomic mass is 16.5. The molecule has 0 saturated carbocycles. The number of aliphatic hydroxyl groups excluding tert-OH is 3. The number of carbonyl (C=O) groups is 2. The number of amides is 2. The Balaban J connectivity index is 1.60. The third-order valence-corrected chi connectivity index (χ3v) is 7.86. The number of aliphatic hydroxyl groups is 3. The number of nitrogens with zero attached hydrogens (tertiary/aromatic N) is 1. The van der Waals surface area contributed by atoms with Gasteiger partial charge in [-0.3, -0.25) is 14.5 Å². The molecule has 0 radical (unpaired) electrons. The van der Waals surface area contributed by atoms with Crippen LogP contribution in [0, 0.1) is 17.8 Å². The Hall–Kier alpha value is -3.06. The van der Waals surface area contributed by atoms with Crippen LogP contribution in [0.25, 0.3) is 6.08 Å². The lowest BCUT2D eigenvalue weighted by atomic mass is 9.68. The van der Waals surface area contributed by atoms with Gasteiger partial charge >= 0.3 is 7.12 Å². The summed E-state index contributed by atoms with van der Waals surface area (Å²) in [6.07, 6.45) is 2.67. The van der Waals surface area contributed by atoms with Crippen LogP contribution >= 0.6 is 0 Å². The van der Waals surface area contributed by atoms with E-state index < -0.39 is 49.4 Å². The number of fused-ring (bicyclic) bond motifs is 1. The number of hydrogen-bond donors (Lipinski definition) is 5. The number of benzene rings is 1. The van der Waals surface area contributed by atoms with E-state index in [0.717, 1.165) is 10.5 Å². The number of hydrogen-bond acceptors (Lipinski definition) is 9. The van der Waals surface area contributed by atoms with E-state index in [-0.39, 0.29) is 30.8 Å². The van der Waals surface area contributed by atoms with Crippen LogP contribution in [0.5, 0.6) is 0 Å². The van der Waals surface area contributed by atoms with Gasteiger partial charge in [0, 0.05) is 13.0 Å². The zero-order valence-corrected chi connectivity index (χ0v) is 22.7. The second kappa shape index (κ2) is 13.1. The van der Waals surface area contributed by atoms with Crippen molar-refractivity contribution < 1.29 is 44.1 Å². The fraction of sp³-hybridized carbons (Fsp3) is 0.448. The molecule has 214 valence electrons. The molecule has 1 aliphatic carbocycles. The molecule has 1 aromatic heterocycles. The van der Waals surface area contributed by atoms with Crippen molar-refractivity contribution in [2.24, 2.45) is 17.8 Å². The minimum Gasteiger partial charge on any atom is -0.459 e. The number of methoxy groups -OCH3 is 1. The molecule has 1 saturated heterocycles. The van der Waals surface area contributed by atoms with Gasteiger partial charge in [0.15, 0.2) is 0 Å². The summed E-state index contributed by atoms with van der Waals surface area (Å²) in [4.78, 5) is 28.2. The molecular weight excluding hydrogens is 517 g/mol. The van der Waals surface area contributed by atoms with Gasteiger partial charge in [-0.25, -0.2) is 0 Å². The van der Waals surface area contributed by atoms with E-state index in [2.05, 4.69) is 0 Å². The van der Waals surface area contributed by atoms with Crippen molar-refractivity contribution in [3.63, 3.8) is 0 Å². The second-order valence-corrected chi connectivity index (χ2v) is 10.3. The molecule has 4 rings (SSSR count). The van der Waals surface area contributed by atoms with Crippen LogP contribution in [0.4, 0.5) is 5.69 Å². The molecule has 5 N–H and O–H groups in total. The van der Waals surface area contributed by atoms with Crippen molar-refractivity contribution in [1.82, 2.24) is 0 Å². The lowest BCUT2D eigenvalue weighted by Gasteiger charge is -2.36. The number of carbonyl (C=O) groups excluding carboxylic acids is 2. The van der Waals surface area contributed by atoms with Gasteiger partial charge in [0.1, 0.15) is 18.1 Å². The minimum absolute atomic E-state index is 0.142. The number of anilines is 1. The lowest BCUT2D eigenvalue weighted by molar-refractivity contribution is -0.123. The largest absolute Gasteiger partial charge is 0.488 e. The molecule has 2 amide bonds. The molecule has 2 aromatic rings. The Morgan fingerprint density at radius 2 is 1.98 bits per heavy atom. The van der Waals surface area contributed by atoms with Crippen molar-refractivity contribution in [2.75, 3.05) is 25.2 Å². The first-order chi connectivity index (χ1) is 19.2. The average Bonchev–Trinajstić information content (AvgIpc) is 3.51. The van der Waals surface area contributed by atoms with E-state index in [1.54, 1.807) is 18.2 Å². The van der Waals surface area contributed by atoms with Crippen LogP contribution in [-0.4, -0.2) is 70.7 Å². The number of imide groups is 1. The topological polar surface area (TPSA) is 161 Å². The van der Waals surface area contributed by atoms with Crippen molar-refractivity contribution in [2.45, 2.75) is 45.3 Å². The maximum absolute atomic E-state index is 13.7. The van der Waals surface area contributed by atoms with Gasteiger partial charge in [-0.15, -0.1) is 0 Å². The smallest absolute Gasteiger partial charge is 0.459 e. The highest BCUT2D eigenvalue weighted by Crippen LogP contribution is 2.47. The molecule has 10 nitrogen and oxygen atoms in total. The molecule has 4 atom stereocenters. The van der Waals surface area contributed by atoms with Gasteiger partial charge in [0.2, 0.25) is 11.8 Å². The zero-order valence-electron chi connectivity index (χ0n) is 22.7. The molecule has 1 aliphatic heterocycles. The molecule has 40 heavy (non-hydrogen) atoms. The summed E-state index contributed by atoms with van der Waals surface area (Å²) in [5.41, 5.74) is 2.61. The summed E-state index contributed by atoms with van der Waals surface area (Å²) in [6.45, 7) is 1.51. The third-order valence-electron chi connectivity index (χ3n) is 7.86. The van der Waals surface area contributed by atoms with Gasteiger partial charge < -0.3 is 34.5 Å². The molecule has 0 bridgehead atoms. The quantitative estimate of drug-likeness (QED) is 0.148. The van der Waals surface area contributed by atoms with Crippen LogP contribution in [0.1, 0.15) is 44.1 Å². The molecule has 11 heteroatoms. The van der Waals surface area contributed by atoms with E-state index in [4.69, 9.17) is 9.15 Å². The maximum atomic E-state index is 13.7. The Morgan fingerprint density at radius 3 is 2.60 bits per heavy atom. The number of furan rings is 1. The van der Waals surface area contributed by atoms with Crippen molar-refractivity contribution in [3.8, 4) is 0 Å². The number of rotatable bonds is 12. The molecule has 0 spiro atoms. The summed E-state index contributed by atoms with van der Waals surface area (Å²) in [6, 6.07) is 9.41. The van der Waals surface area contributed by atoms with Crippen molar-refractivity contribution in [3.05, 3.63) is 64.6 Å². The maximum Gasteiger partial charge on any atom is 0.488 e. The Labute approximate surface area is 233 Å². The van der Waals surface area contributed by atoms with E-state index >= 15 is 0 Å². The fourth-order valence-corrected chi connectivity index (χ4v) is 5.93. The van der Waals surface area contributed by atoms with Gasteiger partial charge in [-0.2, -0.15) is 0 Å². The molecular formula is C29H36BNO9. The van der Waals surface area contributed by atoms with E-state index in [0.29, 0.717) is 41.9 Å². The highest BCUT2D eigenvalue weighted by molar-refractivity contribution is 6.58. The van der Waals surface area contributed by atoms with E-state index in [1.807, 2.05) is 13.0 Å². The first kappa shape index (κ1) is 29.9. The molecule has 1 aromatic carbocycles. The average molecular weight is 553 g/mol. The summed E-state index contributed by atoms with van der Waals surface area (Å²) >= 11 is 0. The van der Waals surface area contributed by atoms with Crippen LogP contribution in [0.15, 0.2) is 57.5 Å². The number of ether oxygens (including phenoxy) is 1. The van der Waals surface area contributed by atoms with E-state index in [1.165, 1.54) is 25.3 Å². The molecule has 2 aliphatic rings. The summed E-state index contributed by atoms with van der Waals surface area (Å²) in [7, 11) is -0.248. The minimum atomic E-state index is -1.76. The predicted octanol–water partition coefficient (Wildman–Crippen LogP) is 1.15. The van der Waals surface area contributed by atoms with Crippen LogP contribution < -0.4 is 10.4 Å². The van der Waals surface area contributed by atoms with Crippen molar-refractivity contribution in [1.29, 1.82) is 0 Å². The van der Waals surface area contributed by atoms with E-state index in [9.17, 15) is 35.0 Å².